The molecule has 0 fully saturated rings. The van der Waals surface area contributed by atoms with Gasteiger partial charge in [-0.2, -0.15) is 0 Å². The summed E-state index contributed by atoms with van der Waals surface area (Å²) in [6, 6.07) is 9.89. The molecule has 0 saturated heterocycles. The molecule has 28 heavy (non-hydrogen) atoms. The lowest BCUT2D eigenvalue weighted by molar-refractivity contribution is 0.0955. The first-order valence-electron chi connectivity index (χ1n) is 8.72. The SMILES string of the molecule is CCCNCCNC(=O)c1ccccc1NS(=O)(=O)c1ccc(F)c(C)c1.Cl. The molecule has 0 heterocycles. The monoisotopic (exact) mass is 429 g/mol. The molecule has 0 aliphatic carbocycles. The Kier molecular flexibility index (Phi) is 9.37. The number of hydrogen-bond donors (Lipinski definition) is 3. The van der Waals surface area contributed by atoms with Crippen LogP contribution in [-0.4, -0.2) is 34.0 Å². The van der Waals surface area contributed by atoms with E-state index in [-0.39, 0.29) is 40.0 Å². The summed E-state index contributed by atoms with van der Waals surface area (Å²) in [7, 11) is -3.95. The van der Waals surface area contributed by atoms with Gasteiger partial charge in [0.05, 0.1) is 16.1 Å². The van der Waals surface area contributed by atoms with Crippen LogP contribution in [0.3, 0.4) is 0 Å². The molecule has 0 radical (unpaired) electrons. The lowest BCUT2D eigenvalue weighted by atomic mass is 10.1. The lowest BCUT2D eigenvalue weighted by Crippen LogP contribution is -2.32. The maximum Gasteiger partial charge on any atom is 0.261 e. The highest BCUT2D eigenvalue weighted by atomic mass is 35.5. The molecule has 0 aliphatic heterocycles. The Hall–Kier alpha value is -2.16. The summed E-state index contributed by atoms with van der Waals surface area (Å²) in [6.07, 6.45) is 1.00. The van der Waals surface area contributed by atoms with Crippen molar-refractivity contribution in [2.75, 3.05) is 24.4 Å². The molecular weight excluding hydrogens is 405 g/mol. The normalized spacial score (nSPS) is 10.8. The number of benzene rings is 2. The Labute approximate surface area is 171 Å². The van der Waals surface area contributed by atoms with Gasteiger partial charge in [0.15, 0.2) is 0 Å². The van der Waals surface area contributed by atoms with Crippen LogP contribution in [0.1, 0.15) is 29.3 Å². The van der Waals surface area contributed by atoms with Crippen LogP contribution >= 0.6 is 12.4 Å². The minimum atomic E-state index is -3.95. The van der Waals surface area contributed by atoms with Gasteiger partial charge in [-0.1, -0.05) is 19.1 Å². The van der Waals surface area contributed by atoms with Crippen LogP contribution < -0.4 is 15.4 Å². The van der Waals surface area contributed by atoms with Crippen LogP contribution in [0.4, 0.5) is 10.1 Å². The number of carbonyl (C=O) groups is 1. The zero-order valence-corrected chi connectivity index (χ0v) is 17.4. The van der Waals surface area contributed by atoms with E-state index >= 15 is 0 Å². The molecule has 2 aromatic carbocycles. The van der Waals surface area contributed by atoms with E-state index in [4.69, 9.17) is 0 Å². The van der Waals surface area contributed by atoms with Gasteiger partial charge in [-0.25, -0.2) is 12.8 Å². The second kappa shape index (κ2) is 11.0. The second-order valence-corrected chi connectivity index (χ2v) is 7.75. The molecule has 9 heteroatoms. The Bertz CT molecular complexity index is 907. The molecule has 1 amide bonds. The lowest BCUT2D eigenvalue weighted by Gasteiger charge is -2.13. The second-order valence-electron chi connectivity index (χ2n) is 6.07. The Morgan fingerprint density at radius 3 is 2.46 bits per heavy atom. The third-order valence-electron chi connectivity index (χ3n) is 3.87. The average molecular weight is 430 g/mol. The van der Waals surface area contributed by atoms with E-state index in [2.05, 4.69) is 22.3 Å². The van der Waals surface area contributed by atoms with Crippen LogP contribution in [0.2, 0.25) is 0 Å². The number of carbonyl (C=O) groups excluding carboxylic acids is 1. The van der Waals surface area contributed by atoms with Crippen LogP contribution in [0, 0.1) is 12.7 Å². The molecule has 0 saturated carbocycles. The molecule has 0 bridgehead atoms. The zero-order chi connectivity index (χ0) is 19.9. The van der Waals surface area contributed by atoms with Crippen molar-refractivity contribution >= 4 is 34.0 Å². The molecule has 6 nitrogen and oxygen atoms in total. The standard InChI is InChI=1S/C19H24FN3O3S.ClH/c1-3-10-21-11-12-22-19(24)16-6-4-5-7-18(16)23-27(25,26)15-8-9-17(20)14(2)13-15;/h4-9,13,21,23H,3,10-12H2,1-2H3,(H,22,24);1H. The summed E-state index contributed by atoms with van der Waals surface area (Å²) in [6.45, 7) is 5.46. The highest BCUT2D eigenvalue weighted by Crippen LogP contribution is 2.21. The molecule has 3 N–H and O–H groups in total. The van der Waals surface area contributed by atoms with E-state index in [1.165, 1.54) is 25.1 Å². The Morgan fingerprint density at radius 2 is 1.79 bits per heavy atom. The van der Waals surface area contributed by atoms with Crippen molar-refractivity contribution in [3.05, 3.63) is 59.4 Å². The number of rotatable bonds is 9. The van der Waals surface area contributed by atoms with Crippen molar-refractivity contribution in [3.8, 4) is 0 Å². The predicted octanol–water partition coefficient (Wildman–Crippen LogP) is 3.09. The van der Waals surface area contributed by atoms with E-state index < -0.39 is 15.8 Å². The van der Waals surface area contributed by atoms with Crippen molar-refractivity contribution < 1.29 is 17.6 Å². The van der Waals surface area contributed by atoms with Gasteiger partial charge in [0, 0.05) is 13.1 Å². The first-order chi connectivity index (χ1) is 12.8. The Morgan fingerprint density at radius 1 is 1.07 bits per heavy atom. The topological polar surface area (TPSA) is 87.3 Å². The summed E-state index contributed by atoms with van der Waals surface area (Å²) in [5.41, 5.74) is 0.609. The van der Waals surface area contributed by atoms with Gasteiger partial charge in [-0.3, -0.25) is 9.52 Å². The van der Waals surface area contributed by atoms with Gasteiger partial charge in [-0.15, -0.1) is 12.4 Å². The molecule has 0 atom stereocenters. The quantitative estimate of drug-likeness (QED) is 0.534. The van der Waals surface area contributed by atoms with Crippen molar-refractivity contribution in [1.82, 2.24) is 10.6 Å². The summed E-state index contributed by atoms with van der Waals surface area (Å²) in [4.78, 5) is 12.3. The molecule has 0 unspecified atom stereocenters. The van der Waals surface area contributed by atoms with Gasteiger partial charge >= 0.3 is 0 Å². The average Bonchev–Trinajstić information content (AvgIpc) is 2.63. The number of sulfonamides is 1. The Balaban J connectivity index is 0.00000392. The fraction of sp³-hybridized carbons (Fsp3) is 0.316. The molecule has 2 aromatic rings. The molecular formula is C19H25ClFN3O3S. The number of para-hydroxylation sites is 1. The maximum absolute atomic E-state index is 13.4. The van der Waals surface area contributed by atoms with E-state index in [1.807, 2.05) is 0 Å². The van der Waals surface area contributed by atoms with Gasteiger partial charge in [0.25, 0.3) is 15.9 Å². The van der Waals surface area contributed by atoms with Crippen LogP contribution in [-0.2, 0) is 10.0 Å². The minimum Gasteiger partial charge on any atom is -0.351 e. The van der Waals surface area contributed by atoms with Crippen molar-refractivity contribution in [1.29, 1.82) is 0 Å². The maximum atomic E-state index is 13.4. The fourth-order valence-electron chi connectivity index (χ4n) is 2.42. The van der Waals surface area contributed by atoms with E-state index in [0.29, 0.717) is 13.1 Å². The summed E-state index contributed by atoms with van der Waals surface area (Å²) in [5, 5.41) is 5.92. The number of hydrogen-bond acceptors (Lipinski definition) is 4. The predicted molar refractivity (Wildman–Crippen MR) is 111 cm³/mol. The van der Waals surface area contributed by atoms with E-state index in [9.17, 15) is 17.6 Å². The molecule has 0 spiro atoms. The van der Waals surface area contributed by atoms with Gasteiger partial charge in [0.2, 0.25) is 0 Å². The van der Waals surface area contributed by atoms with E-state index in [1.54, 1.807) is 18.2 Å². The first-order valence-corrected chi connectivity index (χ1v) is 10.2. The first kappa shape index (κ1) is 23.9. The highest BCUT2D eigenvalue weighted by Gasteiger charge is 2.19. The highest BCUT2D eigenvalue weighted by molar-refractivity contribution is 7.92. The van der Waals surface area contributed by atoms with Crippen LogP contribution in [0.25, 0.3) is 0 Å². The van der Waals surface area contributed by atoms with Gasteiger partial charge in [0.1, 0.15) is 5.82 Å². The van der Waals surface area contributed by atoms with Crippen molar-refractivity contribution in [3.63, 3.8) is 0 Å². The van der Waals surface area contributed by atoms with Gasteiger partial charge < -0.3 is 10.6 Å². The molecule has 0 aromatic heterocycles. The number of nitrogens with one attached hydrogen (secondary N) is 3. The van der Waals surface area contributed by atoms with Gasteiger partial charge in [-0.05, 0) is 55.8 Å². The summed E-state index contributed by atoms with van der Waals surface area (Å²) < 4.78 is 41.0. The van der Waals surface area contributed by atoms with Crippen LogP contribution in [0.5, 0.6) is 0 Å². The molecule has 0 aliphatic rings. The number of anilines is 1. The van der Waals surface area contributed by atoms with Crippen LogP contribution in [0.15, 0.2) is 47.4 Å². The summed E-state index contributed by atoms with van der Waals surface area (Å²) in [5.74, 6) is -0.854. The fourth-order valence-corrected chi connectivity index (χ4v) is 3.58. The number of halogens is 2. The number of amides is 1. The van der Waals surface area contributed by atoms with Crippen molar-refractivity contribution in [2.45, 2.75) is 25.2 Å². The zero-order valence-electron chi connectivity index (χ0n) is 15.8. The minimum absolute atomic E-state index is 0. The smallest absolute Gasteiger partial charge is 0.261 e. The summed E-state index contributed by atoms with van der Waals surface area (Å²) >= 11 is 0. The molecule has 154 valence electrons. The largest absolute Gasteiger partial charge is 0.351 e. The molecule has 2 rings (SSSR count). The van der Waals surface area contributed by atoms with Crippen molar-refractivity contribution in [2.24, 2.45) is 0 Å². The third kappa shape index (κ3) is 6.47. The number of aryl methyl sites for hydroxylation is 1. The van der Waals surface area contributed by atoms with E-state index in [0.717, 1.165) is 19.0 Å². The third-order valence-corrected chi connectivity index (χ3v) is 5.23.